The van der Waals surface area contributed by atoms with Crippen molar-refractivity contribution in [3.63, 3.8) is 0 Å². The lowest BCUT2D eigenvalue weighted by Gasteiger charge is -2.25. The van der Waals surface area contributed by atoms with E-state index in [9.17, 15) is 0 Å². The topological polar surface area (TPSA) is 59.8 Å². The largest absolute Gasteiger partial charge is 0.378 e. The molecule has 0 spiro atoms. The van der Waals surface area contributed by atoms with Crippen LogP contribution in [-0.2, 0) is 22.4 Å². The van der Waals surface area contributed by atoms with Gasteiger partial charge in [0.05, 0.1) is 26.4 Å². The van der Waals surface area contributed by atoms with Crippen LogP contribution in [0.5, 0.6) is 0 Å². The molecule has 0 aliphatic carbocycles. The molecule has 3 rings (SSSR count). The standard InChI is InChI=1S/C12H20N2O2S.C10H11Cl2N/c13-6-8-15-10-11-16-9-7-14-17-12-4-2-1-3-5-12;1-13-3-2-7-4-8(11)5-10(12)9(7)6-13/h1-5,14H,6-11,13H2;4-5H,2-3,6H2,1H3. The zero-order valence-corrected chi connectivity index (χ0v) is 19.7. The molecule has 5 nitrogen and oxygen atoms in total. The first-order valence-electron chi connectivity index (χ1n) is 10.1. The number of fused-ring (bicyclic) bond motifs is 1. The van der Waals surface area contributed by atoms with Crippen LogP contribution >= 0.6 is 35.1 Å². The Bertz CT molecular complexity index is 738. The van der Waals surface area contributed by atoms with Gasteiger partial charge in [-0.25, -0.2) is 0 Å². The van der Waals surface area contributed by atoms with Crippen molar-refractivity contribution in [3.8, 4) is 0 Å². The fourth-order valence-corrected chi connectivity index (χ4v) is 4.10. The van der Waals surface area contributed by atoms with Crippen molar-refractivity contribution in [2.45, 2.75) is 17.9 Å². The molecule has 2 aromatic rings. The minimum Gasteiger partial charge on any atom is -0.378 e. The Kier molecular flexibility index (Phi) is 12.8. The quantitative estimate of drug-likeness (QED) is 0.398. The molecule has 0 amide bonds. The van der Waals surface area contributed by atoms with Gasteiger partial charge in [0.1, 0.15) is 0 Å². The van der Waals surface area contributed by atoms with Crippen molar-refractivity contribution >= 4 is 35.1 Å². The molecule has 166 valence electrons. The second-order valence-corrected chi connectivity index (χ2v) is 8.64. The Balaban J connectivity index is 0.000000220. The maximum atomic E-state index is 6.10. The molecular weight excluding hydrogens is 441 g/mol. The summed E-state index contributed by atoms with van der Waals surface area (Å²) >= 11 is 13.6. The Morgan fingerprint density at radius 3 is 2.53 bits per heavy atom. The number of nitrogens with two attached hydrogens (primary N) is 1. The molecule has 1 aliphatic rings. The third-order valence-electron chi connectivity index (χ3n) is 4.36. The first kappa shape index (κ1) is 25.4. The van der Waals surface area contributed by atoms with E-state index in [4.69, 9.17) is 38.4 Å². The molecule has 0 radical (unpaired) electrons. The lowest BCUT2D eigenvalue weighted by atomic mass is 10.0. The number of likely N-dealkylation sites (N-methyl/N-ethyl adjacent to an activating group) is 1. The minimum absolute atomic E-state index is 0.565. The van der Waals surface area contributed by atoms with E-state index in [1.165, 1.54) is 16.0 Å². The number of ether oxygens (including phenoxy) is 2. The second-order valence-electron chi connectivity index (χ2n) is 6.84. The van der Waals surface area contributed by atoms with Crippen LogP contribution in [0.25, 0.3) is 0 Å². The van der Waals surface area contributed by atoms with Crippen molar-refractivity contribution < 1.29 is 9.47 Å². The summed E-state index contributed by atoms with van der Waals surface area (Å²) in [4.78, 5) is 3.47. The highest BCUT2D eigenvalue weighted by molar-refractivity contribution is 7.97. The van der Waals surface area contributed by atoms with E-state index in [2.05, 4.69) is 28.8 Å². The fourth-order valence-electron chi connectivity index (χ4n) is 2.86. The molecule has 8 heteroatoms. The zero-order chi connectivity index (χ0) is 21.6. The normalized spacial score (nSPS) is 13.5. The average molecular weight is 472 g/mol. The van der Waals surface area contributed by atoms with Crippen LogP contribution in [-0.4, -0.2) is 58.0 Å². The molecule has 0 aromatic heterocycles. The summed E-state index contributed by atoms with van der Waals surface area (Å²) in [7, 11) is 2.11. The molecule has 0 bridgehead atoms. The Labute approximate surface area is 194 Å². The monoisotopic (exact) mass is 471 g/mol. The zero-order valence-electron chi connectivity index (χ0n) is 17.4. The predicted octanol–water partition coefficient (Wildman–Crippen LogP) is 4.26. The predicted molar refractivity (Wildman–Crippen MR) is 127 cm³/mol. The van der Waals surface area contributed by atoms with E-state index in [1.54, 1.807) is 11.9 Å². The third kappa shape index (κ3) is 9.98. The summed E-state index contributed by atoms with van der Waals surface area (Å²) in [5, 5.41) is 1.54. The van der Waals surface area contributed by atoms with Gasteiger partial charge in [0.15, 0.2) is 0 Å². The van der Waals surface area contributed by atoms with Crippen molar-refractivity contribution in [1.29, 1.82) is 0 Å². The van der Waals surface area contributed by atoms with Crippen LogP contribution in [0.3, 0.4) is 0 Å². The van der Waals surface area contributed by atoms with E-state index in [1.807, 2.05) is 30.3 Å². The molecule has 3 N–H and O–H groups in total. The summed E-state index contributed by atoms with van der Waals surface area (Å²) in [5.41, 5.74) is 7.82. The van der Waals surface area contributed by atoms with E-state index in [-0.39, 0.29) is 0 Å². The lowest BCUT2D eigenvalue weighted by molar-refractivity contribution is 0.0532. The number of nitrogens with one attached hydrogen (secondary N) is 1. The van der Waals surface area contributed by atoms with Gasteiger partial charge in [-0.05, 0) is 60.8 Å². The van der Waals surface area contributed by atoms with E-state index >= 15 is 0 Å². The van der Waals surface area contributed by atoms with Crippen LogP contribution in [0.2, 0.25) is 10.0 Å². The molecule has 2 aromatic carbocycles. The molecule has 0 fully saturated rings. The Morgan fingerprint density at radius 2 is 1.80 bits per heavy atom. The van der Waals surface area contributed by atoms with Gasteiger partial charge < -0.3 is 20.1 Å². The van der Waals surface area contributed by atoms with Crippen molar-refractivity contribution in [2.75, 3.05) is 53.1 Å². The van der Waals surface area contributed by atoms with Gasteiger partial charge in [0.25, 0.3) is 0 Å². The van der Waals surface area contributed by atoms with Gasteiger partial charge >= 0.3 is 0 Å². The van der Waals surface area contributed by atoms with Crippen LogP contribution in [0.4, 0.5) is 0 Å². The van der Waals surface area contributed by atoms with E-state index in [0.717, 1.165) is 36.1 Å². The number of halogens is 2. The van der Waals surface area contributed by atoms with Crippen molar-refractivity contribution in [3.05, 3.63) is 63.6 Å². The van der Waals surface area contributed by atoms with Gasteiger partial charge in [-0.1, -0.05) is 41.4 Å². The number of hydrogen-bond acceptors (Lipinski definition) is 6. The maximum absolute atomic E-state index is 6.10. The van der Waals surface area contributed by atoms with Crippen LogP contribution < -0.4 is 10.5 Å². The SMILES string of the molecule is CN1CCc2cc(Cl)cc(Cl)c2C1.NCCOCCOCCNSc1ccccc1. The van der Waals surface area contributed by atoms with Crippen molar-refractivity contribution in [2.24, 2.45) is 5.73 Å². The summed E-state index contributed by atoms with van der Waals surface area (Å²) in [6, 6.07) is 14.0. The highest BCUT2D eigenvalue weighted by atomic mass is 35.5. The summed E-state index contributed by atoms with van der Waals surface area (Å²) < 4.78 is 13.8. The smallest absolute Gasteiger partial charge is 0.0701 e. The van der Waals surface area contributed by atoms with Crippen LogP contribution in [0, 0.1) is 0 Å². The molecule has 1 aliphatic heterocycles. The average Bonchev–Trinajstić information content (AvgIpc) is 2.74. The molecule has 1 heterocycles. The molecule has 30 heavy (non-hydrogen) atoms. The molecule has 0 unspecified atom stereocenters. The first-order chi connectivity index (χ1) is 14.6. The van der Waals surface area contributed by atoms with Gasteiger partial charge in [-0.3, -0.25) is 4.72 Å². The number of rotatable bonds is 10. The van der Waals surface area contributed by atoms with Gasteiger partial charge in [0.2, 0.25) is 0 Å². The van der Waals surface area contributed by atoms with Gasteiger partial charge in [-0.15, -0.1) is 0 Å². The second kappa shape index (κ2) is 15.1. The molecule has 0 saturated heterocycles. The van der Waals surface area contributed by atoms with E-state index in [0.29, 0.717) is 33.0 Å². The summed E-state index contributed by atoms with van der Waals surface area (Å²) in [6.07, 6.45) is 1.05. The van der Waals surface area contributed by atoms with Gasteiger partial charge in [0, 0.05) is 41.1 Å². The molecule has 0 saturated carbocycles. The number of hydrogen-bond donors (Lipinski definition) is 2. The summed E-state index contributed by atoms with van der Waals surface area (Å²) in [5.74, 6) is 0. The van der Waals surface area contributed by atoms with Gasteiger partial charge in [-0.2, -0.15) is 0 Å². The molecule has 0 atom stereocenters. The van der Waals surface area contributed by atoms with Crippen molar-refractivity contribution in [1.82, 2.24) is 9.62 Å². The highest BCUT2D eigenvalue weighted by Crippen LogP contribution is 2.29. The Morgan fingerprint density at radius 1 is 1.07 bits per heavy atom. The third-order valence-corrected chi connectivity index (χ3v) is 5.77. The maximum Gasteiger partial charge on any atom is 0.0701 e. The fraction of sp³-hybridized carbons (Fsp3) is 0.455. The van der Waals surface area contributed by atoms with Crippen LogP contribution in [0.15, 0.2) is 47.4 Å². The minimum atomic E-state index is 0.565. The van der Waals surface area contributed by atoms with E-state index < -0.39 is 0 Å². The summed E-state index contributed by atoms with van der Waals surface area (Å²) in [6.45, 7) is 5.93. The molecular formula is C22H31Cl2N3O2S. The lowest BCUT2D eigenvalue weighted by Crippen LogP contribution is -2.26. The highest BCUT2D eigenvalue weighted by Gasteiger charge is 2.16. The first-order valence-corrected chi connectivity index (χ1v) is 11.6. The number of nitrogens with zero attached hydrogens (tertiary/aromatic N) is 1. The Hall–Kier alpha value is -0.830. The van der Waals surface area contributed by atoms with Crippen LogP contribution in [0.1, 0.15) is 11.1 Å². The number of benzene rings is 2.